The lowest BCUT2D eigenvalue weighted by molar-refractivity contribution is -0.155. The van der Waals surface area contributed by atoms with Crippen molar-refractivity contribution in [2.75, 3.05) is 46.8 Å². The van der Waals surface area contributed by atoms with Crippen LogP contribution in [0.15, 0.2) is 0 Å². The molecule has 0 radical (unpaired) electrons. The third kappa shape index (κ3) is 5.30. The third-order valence-corrected chi connectivity index (χ3v) is 2.89. The van der Waals surface area contributed by atoms with Crippen molar-refractivity contribution in [3.8, 4) is 0 Å². The molecule has 1 fully saturated rings. The minimum absolute atomic E-state index is 0.242. The minimum Gasteiger partial charge on any atom is -0.462 e. The van der Waals surface area contributed by atoms with Gasteiger partial charge in [0.25, 0.3) is 0 Å². The average molecular weight is 261 g/mol. The first-order valence-electron chi connectivity index (χ1n) is 6.29. The van der Waals surface area contributed by atoms with Crippen molar-refractivity contribution in [1.29, 1.82) is 0 Å². The van der Waals surface area contributed by atoms with Crippen molar-refractivity contribution < 1.29 is 23.7 Å². The number of nitrogens with two attached hydrogens (primary N) is 1. The standard InChI is InChI=1S/C12H23NO5/c1-15-5-2-6-16-9-10-18-11(14)12(13)3-7-17-8-4-12/h2-10,13H2,1H3. The van der Waals surface area contributed by atoms with E-state index in [1.165, 1.54) is 0 Å². The van der Waals surface area contributed by atoms with Gasteiger partial charge in [-0.15, -0.1) is 0 Å². The van der Waals surface area contributed by atoms with Gasteiger partial charge in [0.15, 0.2) is 0 Å². The molecular formula is C12H23NO5. The summed E-state index contributed by atoms with van der Waals surface area (Å²) in [4.78, 5) is 11.8. The fourth-order valence-corrected chi connectivity index (χ4v) is 1.68. The lowest BCUT2D eigenvalue weighted by Gasteiger charge is -2.30. The summed E-state index contributed by atoms with van der Waals surface area (Å²) in [7, 11) is 1.65. The Hall–Kier alpha value is -0.690. The van der Waals surface area contributed by atoms with Crippen molar-refractivity contribution in [3.05, 3.63) is 0 Å². The number of hydrogen-bond acceptors (Lipinski definition) is 6. The van der Waals surface area contributed by atoms with Crippen molar-refractivity contribution in [2.45, 2.75) is 24.8 Å². The molecule has 1 rings (SSSR count). The Morgan fingerprint density at radius 3 is 2.61 bits per heavy atom. The van der Waals surface area contributed by atoms with Crippen LogP contribution in [-0.4, -0.2) is 58.3 Å². The summed E-state index contributed by atoms with van der Waals surface area (Å²) in [5.74, 6) is -0.355. The second kappa shape index (κ2) is 8.42. The van der Waals surface area contributed by atoms with Gasteiger partial charge in [-0.1, -0.05) is 0 Å². The molecule has 0 aliphatic carbocycles. The van der Waals surface area contributed by atoms with Crippen LogP contribution in [0.1, 0.15) is 19.3 Å². The molecule has 0 bridgehead atoms. The molecule has 1 aliphatic heterocycles. The molecule has 18 heavy (non-hydrogen) atoms. The average Bonchev–Trinajstić information content (AvgIpc) is 2.38. The molecule has 0 aromatic rings. The van der Waals surface area contributed by atoms with Gasteiger partial charge >= 0.3 is 5.97 Å². The molecule has 1 saturated heterocycles. The topological polar surface area (TPSA) is 80.0 Å². The first-order valence-corrected chi connectivity index (χ1v) is 6.29. The van der Waals surface area contributed by atoms with E-state index in [2.05, 4.69) is 0 Å². The van der Waals surface area contributed by atoms with Gasteiger partial charge in [0.1, 0.15) is 12.1 Å². The van der Waals surface area contributed by atoms with Gasteiger partial charge in [-0.2, -0.15) is 0 Å². The summed E-state index contributed by atoms with van der Waals surface area (Å²) in [6.07, 6.45) is 1.86. The van der Waals surface area contributed by atoms with E-state index in [0.29, 0.717) is 45.9 Å². The molecule has 1 aliphatic rings. The van der Waals surface area contributed by atoms with Gasteiger partial charge in [-0.05, 0) is 19.3 Å². The Morgan fingerprint density at radius 2 is 1.94 bits per heavy atom. The second-order valence-corrected chi connectivity index (χ2v) is 4.36. The van der Waals surface area contributed by atoms with Crippen molar-refractivity contribution in [3.63, 3.8) is 0 Å². The largest absolute Gasteiger partial charge is 0.462 e. The summed E-state index contributed by atoms with van der Waals surface area (Å²) < 4.78 is 20.5. The molecule has 0 aromatic carbocycles. The van der Waals surface area contributed by atoms with Gasteiger partial charge in [-0.25, -0.2) is 0 Å². The Balaban J connectivity index is 2.05. The summed E-state index contributed by atoms with van der Waals surface area (Å²) in [5, 5.41) is 0. The predicted molar refractivity (Wildman–Crippen MR) is 65.2 cm³/mol. The molecule has 1 heterocycles. The van der Waals surface area contributed by atoms with E-state index in [1.807, 2.05) is 0 Å². The smallest absolute Gasteiger partial charge is 0.326 e. The van der Waals surface area contributed by atoms with Crippen molar-refractivity contribution >= 4 is 5.97 Å². The Labute approximate surface area is 108 Å². The third-order valence-electron chi connectivity index (χ3n) is 2.89. The van der Waals surface area contributed by atoms with Crippen LogP contribution in [0.2, 0.25) is 0 Å². The summed E-state index contributed by atoms with van der Waals surface area (Å²) >= 11 is 0. The normalized spacial score (nSPS) is 18.6. The summed E-state index contributed by atoms with van der Waals surface area (Å²) in [6.45, 7) is 2.94. The Morgan fingerprint density at radius 1 is 1.22 bits per heavy atom. The summed E-state index contributed by atoms with van der Waals surface area (Å²) in [6, 6.07) is 0. The second-order valence-electron chi connectivity index (χ2n) is 4.36. The molecule has 0 atom stereocenters. The molecular weight excluding hydrogens is 238 g/mol. The van der Waals surface area contributed by atoms with Crippen LogP contribution in [0.5, 0.6) is 0 Å². The highest BCUT2D eigenvalue weighted by atomic mass is 16.6. The number of rotatable bonds is 8. The number of methoxy groups -OCH3 is 1. The lowest BCUT2D eigenvalue weighted by atomic mass is 9.92. The number of hydrogen-bond donors (Lipinski definition) is 1. The van der Waals surface area contributed by atoms with Crippen LogP contribution in [0, 0.1) is 0 Å². The molecule has 0 saturated carbocycles. The maximum atomic E-state index is 11.8. The van der Waals surface area contributed by atoms with Crippen LogP contribution < -0.4 is 5.73 Å². The zero-order chi connectivity index (χ0) is 13.3. The minimum atomic E-state index is -0.881. The maximum absolute atomic E-state index is 11.8. The SMILES string of the molecule is COCCCOCCOC(=O)C1(N)CCOCC1. The van der Waals surface area contributed by atoms with E-state index in [0.717, 1.165) is 6.42 Å². The highest BCUT2D eigenvalue weighted by Crippen LogP contribution is 2.19. The zero-order valence-electron chi connectivity index (χ0n) is 11.0. The van der Waals surface area contributed by atoms with Crippen LogP contribution >= 0.6 is 0 Å². The number of carbonyl (C=O) groups is 1. The quantitative estimate of drug-likeness (QED) is 0.493. The number of esters is 1. The van der Waals surface area contributed by atoms with Gasteiger partial charge < -0.3 is 24.7 Å². The van der Waals surface area contributed by atoms with Crippen LogP contribution in [0.3, 0.4) is 0 Å². The van der Waals surface area contributed by atoms with Gasteiger partial charge in [-0.3, -0.25) is 4.79 Å². The van der Waals surface area contributed by atoms with Crippen LogP contribution in [0.4, 0.5) is 0 Å². The van der Waals surface area contributed by atoms with E-state index in [9.17, 15) is 4.79 Å². The molecule has 0 unspecified atom stereocenters. The molecule has 2 N–H and O–H groups in total. The number of carbonyl (C=O) groups excluding carboxylic acids is 1. The van der Waals surface area contributed by atoms with Crippen molar-refractivity contribution in [1.82, 2.24) is 0 Å². The summed E-state index contributed by atoms with van der Waals surface area (Å²) in [5.41, 5.74) is 5.09. The van der Waals surface area contributed by atoms with E-state index in [-0.39, 0.29) is 12.6 Å². The lowest BCUT2D eigenvalue weighted by Crippen LogP contribution is -2.53. The monoisotopic (exact) mass is 261 g/mol. The van der Waals surface area contributed by atoms with Crippen LogP contribution in [0.25, 0.3) is 0 Å². The van der Waals surface area contributed by atoms with E-state index in [4.69, 9.17) is 24.7 Å². The van der Waals surface area contributed by atoms with Crippen molar-refractivity contribution in [2.24, 2.45) is 5.73 Å². The maximum Gasteiger partial charge on any atom is 0.326 e. The molecule has 6 heteroatoms. The van der Waals surface area contributed by atoms with E-state index in [1.54, 1.807) is 7.11 Å². The highest BCUT2D eigenvalue weighted by Gasteiger charge is 2.37. The fourth-order valence-electron chi connectivity index (χ4n) is 1.68. The predicted octanol–water partition coefficient (Wildman–Crippen LogP) is 0.0906. The van der Waals surface area contributed by atoms with Gasteiger partial charge in [0, 0.05) is 33.5 Å². The molecule has 6 nitrogen and oxygen atoms in total. The number of ether oxygens (including phenoxy) is 4. The molecule has 0 aromatic heterocycles. The first kappa shape index (κ1) is 15.4. The molecule has 106 valence electrons. The zero-order valence-corrected chi connectivity index (χ0v) is 11.0. The fraction of sp³-hybridized carbons (Fsp3) is 0.917. The first-order chi connectivity index (χ1) is 8.69. The van der Waals surface area contributed by atoms with Crippen LogP contribution in [-0.2, 0) is 23.7 Å². The highest BCUT2D eigenvalue weighted by molar-refractivity contribution is 5.80. The van der Waals surface area contributed by atoms with E-state index >= 15 is 0 Å². The van der Waals surface area contributed by atoms with E-state index < -0.39 is 5.54 Å². The van der Waals surface area contributed by atoms with Gasteiger partial charge in [0.2, 0.25) is 0 Å². The Kier molecular flexibility index (Phi) is 7.19. The Bertz CT molecular complexity index is 241. The molecule has 0 amide bonds. The molecule has 0 spiro atoms. The van der Waals surface area contributed by atoms with Gasteiger partial charge in [0.05, 0.1) is 6.61 Å².